The van der Waals surface area contributed by atoms with E-state index in [1.807, 2.05) is 51.9 Å². The van der Waals surface area contributed by atoms with E-state index in [1.54, 1.807) is 33.5 Å². The lowest BCUT2D eigenvalue weighted by molar-refractivity contribution is -0.141. The number of methoxy groups -OCH3 is 2. The zero-order chi connectivity index (χ0) is 25.9. The van der Waals surface area contributed by atoms with E-state index in [0.717, 1.165) is 35.8 Å². The topological polar surface area (TPSA) is 97.1 Å². The summed E-state index contributed by atoms with van der Waals surface area (Å²) in [5.41, 5.74) is 3.88. The predicted octanol–water partition coefficient (Wildman–Crippen LogP) is 3.88. The van der Waals surface area contributed by atoms with Crippen LogP contribution in [0, 0.1) is 0 Å². The number of nitrogens with zero attached hydrogens (tertiary/aromatic N) is 6. The van der Waals surface area contributed by atoms with Crippen molar-refractivity contribution in [3.63, 3.8) is 0 Å². The van der Waals surface area contributed by atoms with E-state index in [-0.39, 0.29) is 5.91 Å². The van der Waals surface area contributed by atoms with Gasteiger partial charge in [-0.1, -0.05) is 17.7 Å². The number of amides is 1. The van der Waals surface area contributed by atoms with E-state index >= 15 is 0 Å². The maximum absolute atomic E-state index is 12.4. The van der Waals surface area contributed by atoms with Gasteiger partial charge in [-0.05, 0) is 31.2 Å². The standard InChI is InChI=1S/C26H28ClN7O3/c1-17(36-2)25(35)33-12-10-32(11-13-33)18-7-8-20(22(14-18)37-3)30-26-29-15-19(27)24(31-26)21-16-28-23-6-4-5-9-34(21)23/h4-9,14-17H,10-13H2,1-3H3,(H,29,30,31)/t17-/m0/s1. The molecule has 4 aromatic rings. The zero-order valence-corrected chi connectivity index (χ0v) is 21.6. The minimum Gasteiger partial charge on any atom is -0.494 e. The van der Waals surface area contributed by atoms with Crippen LogP contribution in [0.15, 0.2) is 55.0 Å². The number of rotatable bonds is 7. The van der Waals surface area contributed by atoms with Gasteiger partial charge in [-0.2, -0.15) is 0 Å². The molecule has 1 atom stereocenters. The number of hydrogen-bond donors (Lipinski definition) is 1. The van der Waals surface area contributed by atoms with Gasteiger partial charge in [-0.3, -0.25) is 9.20 Å². The van der Waals surface area contributed by atoms with Crippen LogP contribution >= 0.6 is 11.6 Å². The molecule has 11 heteroatoms. The first kappa shape index (κ1) is 24.8. The second-order valence-electron chi connectivity index (χ2n) is 8.66. The van der Waals surface area contributed by atoms with Gasteiger partial charge in [0.15, 0.2) is 0 Å². The molecule has 1 saturated heterocycles. The van der Waals surface area contributed by atoms with Gasteiger partial charge in [0.05, 0.1) is 35.9 Å². The van der Waals surface area contributed by atoms with Crippen molar-refractivity contribution in [3.8, 4) is 17.1 Å². The van der Waals surface area contributed by atoms with Crippen LogP contribution in [0.3, 0.4) is 0 Å². The summed E-state index contributed by atoms with van der Waals surface area (Å²) in [7, 11) is 3.18. The summed E-state index contributed by atoms with van der Waals surface area (Å²) in [4.78, 5) is 29.9. The number of benzene rings is 1. The first-order valence-corrected chi connectivity index (χ1v) is 12.3. The van der Waals surface area contributed by atoms with Crippen molar-refractivity contribution in [1.29, 1.82) is 0 Å². The molecule has 1 amide bonds. The number of pyridine rings is 1. The van der Waals surface area contributed by atoms with Gasteiger partial charge in [-0.15, -0.1) is 0 Å². The highest BCUT2D eigenvalue weighted by Gasteiger charge is 2.25. The second kappa shape index (κ2) is 10.6. The van der Waals surface area contributed by atoms with Crippen molar-refractivity contribution in [3.05, 3.63) is 60.0 Å². The van der Waals surface area contributed by atoms with E-state index in [4.69, 9.17) is 21.1 Å². The number of nitrogens with one attached hydrogen (secondary N) is 1. The molecular formula is C26H28ClN7O3. The predicted molar refractivity (Wildman–Crippen MR) is 143 cm³/mol. The lowest BCUT2D eigenvalue weighted by atomic mass is 10.2. The van der Waals surface area contributed by atoms with Crippen LogP contribution in [-0.2, 0) is 9.53 Å². The van der Waals surface area contributed by atoms with Gasteiger partial charge in [-0.25, -0.2) is 15.0 Å². The summed E-state index contributed by atoms with van der Waals surface area (Å²) in [6.45, 7) is 4.50. The Morgan fingerprint density at radius 3 is 2.65 bits per heavy atom. The average molecular weight is 522 g/mol. The molecule has 0 unspecified atom stereocenters. The molecule has 5 rings (SSSR count). The van der Waals surface area contributed by atoms with E-state index in [9.17, 15) is 4.79 Å². The summed E-state index contributed by atoms with van der Waals surface area (Å²) in [6.07, 6.45) is 4.80. The molecule has 0 aliphatic carbocycles. The smallest absolute Gasteiger partial charge is 0.251 e. The molecule has 1 aliphatic rings. The van der Waals surface area contributed by atoms with Crippen LogP contribution < -0.4 is 15.0 Å². The minimum atomic E-state index is -0.430. The lowest BCUT2D eigenvalue weighted by Gasteiger charge is -2.37. The molecule has 1 aliphatic heterocycles. The number of halogens is 1. The molecule has 1 N–H and O–H groups in total. The number of aromatic nitrogens is 4. The van der Waals surface area contributed by atoms with Gasteiger partial charge in [0.25, 0.3) is 5.91 Å². The molecule has 4 heterocycles. The Kier molecular flexibility index (Phi) is 7.11. The number of hydrogen-bond acceptors (Lipinski definition) is 8. The third kappa shape index (κ3) is 5.03. The molecule has 37 heavy (non-hydrogen) atoms. The molecule has 1 aromatic carbocycles. The Labute approximate surface area is 219 Å². The molecule has 192 valence electrons. The fourth-order valence-electron chi connectivity index (χ4n) is 4.36. The summed E-state index contributed by atoms with van der Waals surface area (Å²) in [5, 5.41) is 3.68. The van der Waals surface area contributed by atoms with Crippen molar-refractivity contribution >= 4 is 40.5 Å². The minimum absolute atomic E-state index is 0.0190. The number of carbonyl (C=O) groups excluding carboxylic acids is 1. The number of fused-ring (bicyclic) bond motifs is 1. The quantitative estimate of drug-likeness (QED) is 0.391. The van der Waals surface area contributed by atoms with Crippen molar-refractivity contribution in [2.75, 3.05) is 50.6 Å². The molecule has 1 fully saturated rings. The van der Waals surface area contributed by atoms with Crippen LogP contribution in [0.1, 0.15) is 6.92 Å². The van der Waals surface area contributed by atoms with Crippen molar-refractivity contribution in [2.45, 2.75) is 13.0 Å². The van der Waals surface area contributed by atoms with Gasteiger partial charge in [0.2, 0.25) is 5.95 Å². The van der Waals surface area contributed by atoms with E-state index in [2.05, 4.69) is 25.2 Å². The molecule has 3 aromatic heterocycles. The summed E-state index contributed by atoms with van der Waals surface area (Å²) in [5.74, 6) is 1.06. The maximum atomic E-state index is 12.4. The molecule has 0 bridgehead atoms. The van der Waals surface area contributed by atoms with Crippen molar-refractivity contribution < 1.29 is 14.3 Å². The van der Waals surface area contributed by atoms with E-state index < -0.39 is 6.10 Å². The lowest BCUT2D eigenvalue weighted by Crippen LogP contribution is -2.51. The van der Waals surface area contributed by atoms with Gasteiger partial charge in [0, 0.05) is 51.2 Å². The first-order valence-electron chi connectivity index (χ1n) is 11.9. The first-order chi connectivity index (χ1) is 18.0. The maximum Gasteiger partial charge on any atom is 0.251 e. The van der Waals surface area contributed by atoms with Crippen molar-refractivity contribution in [1.82, 2.24) is 24.3 Å². The Morgan fingerprint density at radius 1 is 1.08 bits per heavy atom. The summed E-state index contributed by atoms with van der Waals surface area (Å²) < 4.78 is 12.8. The molecule has 0 radical (unpaired) electrons. The molecule has 0 saturated carbocycles. The summed E-state index contributed by atoms with van der Waals surface area (Å²) in [6, 6.07) is 11.7. The number of carbonyl (C=O) groups is 1. The van der Waals surface area contributed by atoms with E-state index in [1.165, 1.54) is 0 Å². The van der Waals surface area contributed by atoms with Gasteiger partial charge in [0.1, 0.15) is 23.2 Å². The fourth-order valence-corrected chi connectivity index (χ4v) is 4.55. The normalized spacial score (nSPS) is 14.6. The Bertz CT molecular complexity index is 1420. The highest BCUT2D eigenvalue weighted by atomic mass is 35.5. The number of piperazine rings is 1. The summed E-state index contributed by atoms with van der Waals surface area (Å²) >= 11 is 6.46. The number of anilines is 3. The Balaban J connectivity index is 1.33. The fraction of sp³-hybridized carbons (Fsp3) is 0.308. The third-order valence-electron chi connectivity index (χ3n) is 6.49. The monoisotopic (exact) mass is 521 g/mol. The average Bonchev–Trinajstić information content (AvgIpc) is 3.37. The van der Waals surface area contributed by atoms with Crippen LogP contribution in [0.2, 0.25) is 5.02 Å². The second-order valence-corrected chi connectivity index (χ2v) is 9.07. The van der Waals surface area contributed by atoms with Gasteiger partial charge < -0.3 is 24.6 Å². The molecule has 10 nitrogen and oxygen atoms in total. The number of imidazole rings is 1. The molecule has 0 spiro atoms. The zero-order valence-electron chi connectivity index (χ0n) is 20.9. The SMILES string of the molecule is COc1cc(N2CCN(C(=O)[C@H](C)OC)CC2)ccc1Nc1ncc(Cl)c(-c2cnc3ccccn23)n1. The Morgan fingerprint density at radius 2 is 1.89 bits per heavy atom. The van der Waals surface area contributed by atoms with E-state index in [0.29, 0.717) is 35.5 Å². The van der Waals surface area contributed by atoms with Crippen LogP contribution in [0.25, 0.3) is 17.0 Å². The van der Waals surface area contributed by atoms with Gasteiger partial charge >= 0.3 is 0 Å². The Hall–Kier alpha value is -3.89. The number of ether oxygens (including phenoxy) is 2. The van der Waals surface area contributed by atoms with Crippen molar-refractivity contribution in [2.24, 2.45) is 0 Å². The van der Waals surface area contributed by atoms with Crippen LogP contribution in [-0.4, -0.2) is 76.7 Å². The van der Waals surface area contributed by atoms with Crippen LogP contribution in [0.4, 0.5) is 17.3 Å². The van der Waals surface area contributed by atoms with Crippen LogP contribution in [0.5, 0.6) is 5.75 Å². The molecular weight excluding hydrogens is 494 g/mol. The largest absolute Gasteiger partial charge is 0.494 e. The highest BCUT2D eigenvalue weighted by molar-refractivity contribution is 6.32. The highest BCUT2D eigenvalue weighted by Crippen LogP contribution is 2.33. The third-order valence-corrected chi connectivity index (χ3v) is 6.77.